The summed E-state index contributed by atoms with van der Waals surface area (Å²) in [6, 6.07) is 4.41. The second kappa shape index (κ2) is 5.76. The SMILES string of the molecule is CC(C)CC(N)CCc1cccnc1. The summed E-state index contributed by atoms with van der Waals surface area (Å²) in [6.07, 6.45) is 6.94. The molecule has 1 rings (SSSR count). The average Bonchev–Trinajstić information content (AvgIpc) is 2.15. The molecule has 1 aromatic rings. The molecule has 0 spiro atoms. The molecule has 0 aliphatic rings. The van der Waals surface area contributed by atoms with Crippen LogP contribution in [0.3, 0.4) is 0 Å². The predicted octanol–water partition coefficient (Wildman–Crippen LogP) is 2.39. The van der Waals surface area contributed by atoms with Crippen LogP contribution in [0.5, 0.6) is 0 Å². The van der Waals surface area contributed by atoms with Gasteiger partial charge in [0.05, 0.1) is 0 Å². The maximum atomic E-state index is 6.00. The van der Waals surface area contributed by atoms with E-state index in [2.05, 4.69) is 24.9 Å². The minimum absolute atomic E-state index is 0.329. The van der Waals surface area contributed by atoms with Gasteiger partial charge in [-0.15, -0.1) is 0 Å². The molecule has 1 aromatic heterocycles. The first kappa shape index (κ1) is 11.2. The second-order valence-electron chi connectivity index (χ2n) is 4.29. The summed E-state index contributed by atoms with van der Waals surface area (Å²) in [4.78, 5) is 4.08. The van der Waals surface area contributed by atoms with Gasteiger partial charge in [0, 0.05) is 18.4 Å². The first-order chi connectivity index (χ1) is 6.68. The molecule has 1 atom stereocenters. The molecule has 0 aliphatic heterocycles. The molecule has 0 fully saturated rings. The molecule has 0 radical (unpaired) electrons. The molecule has 0 aromatic carbocycles. The Bertz CT molecular complexity index is 244. The Balaban J connectivity index is 2.27. The molecule has 1 heterocycles. The van der Waals surface area contributed by atoms with E-state index in [0.717, 1.165) is 19.3 Å². The number of hydrogen-bond donors (Lipinski definition) is 1. The number of nitrogens with two attached hydrogens (primary N) is 1. The highest BCUT2D eigenvalue weighted by atomic mass is 14.6. The van der Waals surface area contributed by atoms with Crippen LogP contribution >= 0.6 is 0 Å². The van der Waals surface area contributed by atoms with Crippen LogP contribution in [0.15, 0.2) is 24.5 Å². The number of hydrogen-bond acceptors (Lipinski definition) is 2. The van der Waals surface area contributed by atoms with Crippen molar-refractivity contribution in [3.63, 3.8) is 0 Å². The molecule has 0 saturated carbocycles. The van der Waals surface area contributed by atoms with Crippen molar-refractivity contribution in [1.82, 2.24) is 4.98 Å². The fourth-order valence-electron chi connectivity index (χ4n) is 1.62. The standard InChI is InChI=1S/C12H20N2/c1-10(2)8-12(13)6-5-11-4-3-7-14-9-11/h3-4,7,9-10,12H,5-6,8,13H2,1-2H3. The molecule has 2 N–H and O–H groups in total. The van der Waals surface area contributed by atoms with E-state index in [1.807, 2.05) is 12.3 Å². The highest BCUT2D eigenvalue weighted by molar-refractivity contribution is 5.08. The Labute approximate surface area is 86.5 Å². The van der Waals surface area contributed by atoms with Gasteiger partial charge in [0.2, 0.25) is 0 Å². The third kappa shape index (κ3) is 4.38. The van der Waals surface area contributed by atoms with E-state index < -0.39 is 0 Å². The van der Waals surface area contributed by atoms with Crippen LogP contribution in [0.2, 0.25) is 0 Å². The highest BCUT2D eigenvalue weighted by Gasteiger charge is 2.05. The van der Waals surface area contributed by atoms with Gasteiger partial charge >= 0.3 is 0 Å². The molecule has 14 heavy (non-hydrogen) atoms. The molecule has 2 heteroatoms. The third-order valence-corrected chi connectivity index (χ3v) is 2.30. The van der Waals surface area contributed by atoms with Gasteiger partial charge in [-0.25, -0.2) is 0 Å². The zero-order valence-electron chi connectivity index (χ0n) is 9.11. The van der Waals surface area contributed by atoms with Crippen molar-refractivity contribution in [3.05, 3.63) is 30.1 Å². The van der Waals surface area contributed by atoms with Gasteiger partial charge < -0.3 is 5.73 Å². The summed E-state index contributed by atoms with van der Waals surface area (Å²) >= 11 is 0. The quantitative estimate of drug-likeness (QED) is 0.778. The van der Waals surface area contributed by atoms with Gasteiger partial charge in [-0.1, -0.05) is 19.9 Å². The average molecular weight is 192 g/mol. The number of aryl methyl sites for hydroxylation is 1. The van der Waals surface area contributed by atoms with Crippen LogP contribution in [0.1, 0.15) is 32.3 Å². The van der Waals surface area contributed by atoms with Crippen molar-refractivity contribution in [2.75, 3.05) is 0 Å². The van der Waals surface area contributed by atoms with Crippen molar-refractivity contribution in [2.24, 2.45) is 11.7 Å². The maximum absolute atomic E-state index is 6.00. The number of rotatable bonds is 5. The van der Waals surface area contributed by atoms with E-state index in [4.69, 9.17) is 5.73 Å². The molecule has 1 unspecified atom stereocenters. The Morgan fingerprint density at radius 1 is 1.43 bits per heavy atom. The van der Waals surface area contributed by atoms with E-state index in [-0.39, 0.29) is 0 Å². The summed E-state index contributed by atoms with van der Waals surface area (Å²) in [6.45, 7) is 4.42. The lowest BCUT2D eigenvalue weighted by atomic mass is 9.99. The van der Waals surface area contributed by atoms with Crippen LogP contribution < -0.4 is 5.73 Å². The zero-order chi connectivity index (χ0) is 10.4. The van der Waals surface area contributed by atoms with E-state index in [0.29, 0.717) is 12.0 Å². The van der Waals surface area contributed by atoms with E-state index in [1.165, 1.54) is 5.56 Å². The van der Waals surface area contributed by atoms with Crippen molar-refractivity contribution in [2.45, 2.75) is 39.2 Å². The van der Waals surface area contributed by atoms with Gasteiger partial charge in [-0.3, -0.25) is 4.98 Å². The van der Waals surface area contributed by atoms with Crippen molar-refractivity contribution in [3.8, 4) is 0 Å². The minimum Gasteiger partial charge on any atom is -0.328 e. The van der Waals surface area contributed by atoms with Crippen LogP contribution in [-0.2, 0) is 6.42 Å². The topological polar surface area (TPSA) is 38.9 Å². The van der Waals surface area contributed by atoms with E-state index in [9.17, 15) is 0 Å². The lowest BCUT2D eigenvalue weighted by molar-refractivity contribution is 0.473. The molecular formula is C12H20N2. The largest absolute Gasteiger partial charge is 0.328 e. The molecular weight excluding hydrogens is 172 g/mol. The molecule has 0 amide bonds. The monoisotopic (exact) mass is 192 g/mol. The van der Waals surface area contributed by atoms with Crippen LogP contribution in [0.4, 0.5) is 0 Å². The Morgan fingerprint density at radius 2 is 2.21 bits per heavy atom. The zero-order valence-corrected chi connectivity index (χ0v) is 9.11. The Morgan fingerprint density at radius 3 is 2.79 bits per heavy atom. The minimum atomic E-state index is 0.329. The normalized spacial score (nSPS) is 13.1. The van der Waals surface area contributed by atoms with Gasteiger partial charge in [0.1, 0.15) is 0 Å². The van der Waals surface area contributed by atoms with Crippen molar-refractivity contribution < 1.29 is 0 Å². The van der Waals surface area contributed by atoms with Gasteiger partial charge in [0.15, 0.2) is 0 Å². The second-order valence-corrected chi connectivity index (χ2v) is 4.29. The van der Waals surface area contributed by atoms with Gasteiger partial charge in [-0.2, -0.15) is 0 Å². The lowest BCUT2D eigenvalue weighted by Gasteiger charge is -2.13. The smallest absolute Gasteiger partial charge is 0.0299 e. The van der Waals surface area contributed by atoms with E-state index >= 15 is 0 Å². The molecule has 0 saturated heterocycles. The summed E-state index contributed by atoms with van der Waals surface area (Å²) < 4.78 is 0. The summed E-state index contributed by atoms with van der Waals surface area (Å²) in [5.41, 5.74) is 7.29. The summed E-state index contributed by atoms with van der Waals surface area (Å²) in [5.74, 6) is 0.693. The third-order valence-electron chi connectivity index (χ3n) is 2.30. The van der Waals surface area contributed by atoms with Crippen molar-refractivity contribution >= 4 is 0 Å². The highest BCUT2D eigenvalue weighted by Crippen LogP contribution is 2.09. The predicted molar refractivity (Wildman–Crippen MR) is 60.0 cm³/mol. The fourth-order valence-corrected chi connectivity index (χ4v) is 1.62. The maximum Gasteiger partial charge on any atom is 0.0299 e. The molecule has 0 bridgehead atoms. The number of aromatic nitrogens is 1. The summed E-state index contributed by atoms with van der Waals surface area (Å²) in [5, 5.41) is 0. The van der Waals surface area contributed by atoms with Gasteiger partial charge in [-0.05, 0) is 36.8 Å². The number of pyridine rings is 1. The van der Waals surface area contributed by atoms with E-state index in [1.54, 1.807) is 6.20 Å². The van der Waals surface area contributed by atoms with Gasteiger partial charge in [0.25, 0.3) is 0 Å². The lowest BCUT2D eigenvalue weighted by Crippen LogP contribution is -2.22. The summed E-state index contributed by atoms with van der Waals surface area (Å²) in [7, 11) is 0. The number of nitrogens with zero attached hydrogens (tertiary/aromatic N) is 1. The molecule has 0 aliphatic carbocycles. The van der Waals surface area contributed by atoms with Crippen LogP contribution in [-0.4, -0.2) is 11.0 Å². The first-order valence-corrected chi connectivity index (χ1v) is 5.33. The Hall–Kier alpha value is -0.890. The van der Waals surface area contributed by atoms with Crippen molar-refractivity contribution in [1.29, 1.82) is 0 Å². The first-order valence-electron chi connectivity index (χ1n) is 5.33. The molecule has 78 valence electrons. The van der Waals surface area contributed by atoms with Crippen LogP contribution in [0, 0.1) is 5.92 Å². The Kier molecular flexibility index (Phi) is 4.60. The molecule has 2 nitrogen and oxygen atoms in total. The van der Waals surface area contributed by atoms with Crippen LogP contribution in [0.25, 0.3) is 0 Å². The fraction of sp³-hybridized carbons (Fsp3) is 0.583.